The molecule has 0 bridgehead atoms. The minimum atomic E-state index is -0.754. The summed E-state index contributed by atoms with van der Waals surface area (Å²) < 4.78 is -0.261. The zero-order chi connectivity index (χ0) is 5.15. The summed E-state index contributed by atoms with van der Waals surface area (Å²) in [5, 5.41) is 7.98. The maximum absolute atomic E-state index is 9.69. The summed E-state index contributed by atoms with van der Waals surface area (Å²) in [5.74, 6) is -0.754. The van der Waals surface area contributed by atoms with Crippen LogP contribution in [0.4, 0.5) is 0 Å². The van der Waals surface area contributed by atoms with E-state index in [0.717, 1.165) is 0 Å². The second-order valence-electron chi connectivity index (χ2n) is 0.954. The van der Waals surface area contributed by atoms with Gasteiger partial charge in [0, 0.05) is 58.2 Å². The molecule has 0 aromatic heterocycles. The Labute approximate surface area is 105 Å². The van der Waals surface area contributed by atoms with Gasteiger partial charge in [-0.05, 0) is 6.92 Å². The van der Waals surface area contributed by atoms with Crippen LogP contribution in [0.15, 0.2) is 0 Å². The van der Waals surface area contributed by atoms with E-state index in [1.165, 1.54) is 0 Å². The number of hydrogen-bond donors (Lipinski definition) is 1. The topological polar surface area (TPSA) is 37.3 Å². The third-order valence-electron chi connectivity index (χ3n) is 0.340. The van der Waals surface area contributed by atoms with Crippen molar-refractivity contribution in [3.63, 3.8) is 0 Å². The third-order valence-corrected chi connectivity index (χ3v) is 0.873. The minimum Gasteiger partial charge on any atom is -0.480 e. The molecule has 0 fully saturated rings. The van der Waals surface area contributed by atoms with Gasteiger partial charge >= 0.3 is 5.97 Å². The maximum atomic E-state index is 9.69. The van der Waals surface area contributed by atoms with Gasteiger partial charge in [-0.25, -0.2) is 0 Å². The average Bonchev–Trinajstić information content (AvgIpc) is 1.36. The van der Waals surface area contributed by atoms with E-state index >= 15 is 0 Å². The van der Waals surface area contributed by atoms with Crippen LogP contribution in [0.1, 0.15) is 6.92 Å². The van der Waals surface area contributed by atoms with Gasteiger partial charge in [-0.15, -0.1) is 0 Å². The molecule has 7 heavy (non-hydrogen) atoms. The standard InChI is InChI=1S/C3H5IO2.Rb/c1-2(4)3(5)6;/h2H,1H3,(H,5,6);. The smallest absolute Gasteiger partial charge is 0.316 e. The molecule has 1 atom stereocenters. The fraction of sp³-hybridized carbons (Fsp3) is 0.667. The summed E-state index contributed by atoms with van der Waals surface area (Å²) in [7, 11) is 0. The van der Waals surface area contributed by atoms with Gasteiger partial charge in [0.25, 0.3) is 0 Å². The Balaban J connectivity index is 0. The van der Waals surface area contributed by atoms with Crippen molar-refractivity contribution >= 4 is 86.7 Å². The number of carboxylic acid groups (broad SMARTS) is 1. The third kappa shape index (κ3) is 8.01. The van der Waals surface area contributed by atoms with Gasteiger partial charge in [-0.3, -0.25) is 4.79 Å². The first-order chi connectivity index (χ1) is 2.64. The van der Waals surface area contributed by atoms with Gasteiger partial charge in [0.1, 0.15) is 3.92 Å². The molecule has 0 saturated carbocycles. The Morgan fingerprint density at radius 1 is 1.86 bits per heavy atom. The number of carboxylic acids is 1. The van der Waals surface area contributed by atoms with Gasteiger partial charge < -0.3 is 5.11 Å². The zero-order valence-corrected chi connectivity index (χ0v) is 11.4. The molecule has 0 aliphatic heterocycles. The monoisotopic (exact) mass is 285 g/mol. The molecule has 2 nitrogen and oxygen atoms in total. The molecule has 0 aromatic carbocycles. The van der Waals surface area contributed by atoms with Crippen molar-refractivity contribution < 1.29 is 9.90 Å². The number of halogens is 1. The van der Waals surface area contributed by atoms with Crippen LogP contribution in [0, 0.1) is 0 Å². The van der Waals surface area contributed by atoms with E-state index in [2.05, 4.69) is 0 Å². The molecule has 0 heterocycles. The van der Waals surface area contributed by atoms with Crippen LogP contribution in [-0.4, -0.2) is 73.2 Å². The summed E-state index contributed by atoms with van der Waals surface area (Å²) in [6.07, 6.45) is 0. The van der Waals surface area contributed by atoms with Crippen molar-refractivity contribution in [1.82, 2.24) is 0 Å². The Morgan fingerprint density at radius 2 is 2.00 bits per heavy atom. The Hall–Kier alpha value is 2.01. The largest absolute Gasteiger partial charge is 0.480 e. The van der Waals surface area contributed by atoms with E-state index in [9.17, 15) is 4.79 Å². The SMILES string of the molecule is CC(I)C(=O)O.[Rb]. The van der Waals surface area contributed by atoms with Gasteiger partial charge in [0.15, 0.2) is 0 Å². The molecule has 1 radical (unpaired) electrons. The van der Waals surface area contributed by atoms with Crippen LogP contribution in [0.5, 0.6) is 0 Å². The average molecular weight is 285 g/mol. The molecule has 0 aromatic rings. The van der Waals surface area contributed by atoms with Gasteiger partial charge in [-0.2, -0.15) is 0 Å². The zero-order valence-electron chi connectivity index (χ0n) is 4.31. The molecule has 37 valence electrons. The normalized spacial score (nSPS) is 11.7. The second kappa shape index (κ2) is 6.13. The Bertz CT molecular complexity index is 64.0. The maximum Gasteiger partial charge on any atom is 0.316 e. The van der Waals surface area contributed by atoms with Gasteiger partial charge in [0.2, 0.25) is 0 Å². The van der Waals surface area contributed by atoms with Crippen molar-refractivity contribution in [1.29, 1.82) is 0 Å². The van der Waals surface area contributed by atoms with Crippen LogP contribution in [0.25, 0.3) is 0 Å². The Kier molecular flexibility index (Phi) is 10.3. The summed E-state index contributed by atoms with van der Waals surface area (Å²) in [5.41, 5.74) is 0. The van der Waals surface area contributed by atoms with E-state index in [1.54, 1.807) is 6.92 Å². The summed E-state index contributed by atoms with van der Waals surface area (Å²) in [6, 6.07) is 0. The van der Waals surface area contributed by atoms with E-state index in [-0.39, 0.29) is 62.1 Å². The van der Waals surface area contributed by atoms with Crippen molar-refractivity contribution in [3.05, 3.63) is 0 Å². The number of alkyl halides is 1. The predicted octanol–water partition coefficient (Wildman–Crippen LogP) is 0.514. The molecule has 0 saturated heterocycles. The minimum absolute atomic E-state index is 0. The van der Waals surface area contributed by atoms with Crippen molar-refractivity contribution in [2.24, 2.45) is 0 Å². The van der Waals surface area contributed by atoms with E-state index in [0.29, 0.717) is 0 Å². The molecular weight excluding hydrogens is 280 g/mol. The van der Waals surface area contributed by atoms with Crippen molar-refractivity contribution in [3.8, 4) is 0 Å². The first kappa shape index (κ1) is 11.8. The molecule has 0 spiro atoms. The molecule has 0 rings (SSSR count). The molecule has 1 N–H and O–H groups in total. The first-order valence-electron chi connectivity index (χ1n) is 1.51. The van der Waals surface area contributed by atoms with Crippen molar-refractivity contribution in [2.75, 3.05) is 0 Å². The molecule has 0 aliphatic carbocycles. The fourth-order valence-corrected chi connectivity index (χ4v) is 0. The van der Waals surface area contributed by atoms with E-state index in [1.807, 2.05) is 22.6 Å². The molecular formula is C3H5IO2Rb. The predicted molar refractivity (Wildman–Crippen MR) is 36.9 cm³/mol. The van der Waals surface area contributed by atoms with Gasteiger partial charge in [0.05, 0.1) is 0 Å². The fourth-order valence-electron chi connectivity index (χ4n) is 0. The van der Waals surface area contributed by atoms with Crippen LogP contribution < -0.4 is 0 Å². The second-order valence-corrected chi connectivity index (χ2v) is 2.82. The van der Waals surface area contributed by atoms with Crippen LogP contribution in [0.3, 0.4) is 0 Å². The number of hydrogen-bond acceptors (Lipinski definition) is 1. The quantitative estimate of drug-likeness (QED) is 0.563. The first-order valence-corrected chi connectivity index (χ1v) is 2.76. The number of aliphatic carboxylic acids is 1. The number of rotatable bonds is 1. The Morgan fingerprint density at radius 3 is 2.00 bits per heavy atom. The van der Waals surface area contributed by atoms with Crippen molar-refractivity contribution in [2.45, 2.75) is 10.8 Å². The van der Waals surface area contributed by atoms with E-state index < -0.39 is 5.97 Å². The van der Waals surface area contributed by atoms with E-state index in [4.69, 9.17) is 5.11 Å². The molecule has 0 aliphatic rings. The van der Waals surface area contributed by atoms with Crippen LogP contribution in [-0.2, 0) is 4.79 Å². The number of carbonyl (C=O) groups is 1. The summed E-state index contributed by atoms with van der Waals surface area (Å²) in [6.45, 7) is 1.63. The molecule has 4 heteroatoms. The molecule has 0 amide bonds. The summed E-state index contributed by atoms with van der Waals surface area (Å²) in [4.78, 5) is 9.69. The molecule has 1 unspecified atom stereocenters. The van der Waals surface area contributed by atoms with Gasteiger partial charge in [-0.1, -0.05) is 22.6 Å². The van der Waals surface area contributed by atoms with Crippen LogP contribution >= 0.6 is 22.6 Å². The van der Waals surface area contributed by atoms with Crippen LogP contribution in [0.2, 0.25) is 0 Å². The summed E-state index contributed by atoms with van der Waals surface area (Å²) >= 11 is 1.83.